The van der Waals surface area contributed by atoms with Crippen LogP contribution in [0.15, 0.2) is 174 Å². The van der Waals surface area contributed by atoms with Crippen molar-refractivity contribution in [2.24, 2.45) is 0 Å². The average molecular weight is 648 g/mol. The molecule has 0 amide bonds. The quantitative estimate of drug-likeness (QED) is 0.186. The van der Waals surface area contributed by atoms with E-state index in [4.69, 9.17) is 24.9 Å². The van der Waals surface area contributed by atoms with Gasteiger partial charge in [-0.25, -0.2) is 15.0 Å². The molecule has 0 saturated heterocycles. The van der Waals surface area contributed by atoms with Crippen LogP contribution in [-0.4, -0.2) is 19.5 Å². The van der Waals surface area contributed by atoms with Crippen LogP contribution >= 0.6 is 0 Å². The number of benzene rings is 7. The molecule has 10 aromatic rings. The Bertz CT molecular complexity index is 3270. The van der Waals surface area contributed by atoms with Crippen LogP contribution in [0.25, 0.3) is 94.7 Å². The molecule has 5 nitrogen and oxygen atoms in total. The van der Waals surface area contributed by atoms with Gasteiger partial charge in [0.2, 0.25) is 0 Å². The van der Waals surface area contributed by atoms with E-state index in [9.17, 15) is 4.11 Å². The summed E-state index contributed by atoms with van der Waals surface area (Å²) >= 11 is 0. The van der Waals surface area contributed by atoms with Crippen molar-refractivity contribution >= 4 is 43.7 Å². The van der Waals surface area contributed by atoms with Gasteiger partial charge in [-0.2, -0.15) is 0 Å². The highest BCUT2D eigenvalue weighted by Gasteiger charge is 2.16. The third-order valence-corrected chi connectivity index (χ3v) is 8.89. The van der Waals surface area contributed by atoms with E-state index >= 15 is 0 Å². The minimum atomic E-state index is -0.446. The highest BCUT2D eigenvalue weighted by atomic mass is 16.3. The minimum Gasteiger partial charge on any atom is -0.456 e. The van der Waals surface area contributed by atoms with E-state index in [2.05, 4.69) is 0 Å². The van der Waals surface area contributed by atoms with Crippen LogP contribution in [0.4, 0.5) is 0 Å². The molecule has 7 aromatic carbocycles. The topological polar surface area (TPSA) is 56.7 Å². The first-order valence-electron chi connectivity index (χ1n) is 19.6. The van der Waals surface area contributed by atoms with Crippen molar-refractivity contribution in [3.8, 4) is 51.0 Å². The van der Waals surface area contributed by atoms with E-state index < -0.39 is 12.1 Å². The molecule has 0 unspecified atom stereocenters. The monoisotopic (exact) mass is 647 g/mol. The summed E-state index contributed by atoms with van der Waals surface area (Å²) in [6.07, 6.45) is 0. The fraction of sp³-hybridized carbons (Fsp3) is 0. The van der Waals surface area contributed by atoms with Crippen LogP contribution < -0.4 is 0 Å². The lowest BCUT2D eigenvalue weighted by Crippen LogP contribution is -2.00. The van der Waals surface area contributed by atoms with Crippen LogP contribution in [0.2, 0.25) is 0 Å². The molecule has 3 aromatic heterocycles. The molecule has 0 N–H and O–H groups in total. The Balaban J connectivity index is 1.19. The Morgan fingerprint density at radius 3 is 1.92 bits per heavy atom. The second-order valence-electron chi connectivity index (χ2n) is 11.9. The summed E-state index contributed by atoms with van der Waals surface area (Å²) in [5.41, 5.74) is 5.13. The summed E-state index contributed by atoms with van der Waals surface area (Å²) in [4.78, 5) is 14.7. The Hall–Kier alpha value is -6.85. The van der Waals surface area contributed by atoms with E-state index in [-0.39, 0.29) is 57.6 Å². The molecular formula is C45H28N4O. The highest BCUT2D eigenvalue weighted by molar-refractivity contribution is 6.10. The summed E-state index contributed by atoms with van der Waals surface area (Å²) in [5.74, 6) is 1.24. The first-order chi connectivity index (χ1) is 27.7. The van der Waals surface area contributed by atoms with Gasteiger partial charge in [0.05, 0.1) is 20.6 Å². The molecular weight excluding hydrogens is 613 g/mol. The van der Waals surface area contributed by atoms with Crippen molar-refractivity contribution in [1.82, 2.24) is 19.5 Å². The Labute approximate surface area is 297 Å². The number of hydrogen-bond donors (Lipinski definition) is 0. The molecule has 10 rings (SSSR count). The summed E-state index contributed by atoms with van der Waals surface area (Å²) in [7, 11) is 0. The van der Waals surface area contributed by atoms with Crippen molar-refractivity contribution in [3.63, 3.8) is 0 Å². The zero-order valence-corrected chi connectivity index (χ0v) is 26.3. The van der Waals surface area contributed by atoms with Gasteiger partial charge in [0, 0.05) is 43.9 Å². The second kappa shape index (κ2) is 11.4. The Kier molecular flexibility index (Phi) is 4.99. The van der Waals surface area contributed by atoms with Gasteiger partial charge in [-0.3, -0.25) is 0 Å². The molecule has 234 valence electrons. The van der Waals surface area contributed by atoms with Gasteiger partial charge in [0.25, 0.3) is 0 Å². The number of fused-ring (bicyclic) bond motifs is 6. The van der Waals surface area contributed by atoms with E-state index in [0.717, 1.165) is 27.5 Å². The van der Waals surface area contributed by atoms with Crippen molar-refractivity contribution < 1.29 is 14.0 Å². The Morgan fingerprint density at radius 2 is 1.08 bits per heavy atom. The van der Waals surface area contributed by atoms with E-state index in [1.54, 1.807) is 47.0 Å². The van der Waals surface area contributed by atoms with Crippen LogP contribution in [0, 0.1) is 0 Å². The maximum absolute atomic E-state index is 9.67. The van der Waals surface area contributed by atoms with Crippen LogP contribution in [-0.2, 0) is 0 Å². The fourth-order valence-corrected chi connectivity index (χ4v) is 6.52. The number of rotatable bonds is 5. The first kappa shape index (κ1) is 21.9. The second-order valence-corrected chi connectivity index (χ2v) is 11.9. The largest absolute Gasteiger partial charge is 0.456 e. The van der Waals surface area contributed by atoms with Gasteiger partial charge in [-0.1, -0.05) is 121 Å². The van der Waals surface area contributed by atoms with Gasteiger partial charge >= 0.3 is 0 Å². The molecule has 0 aliphatic heterocycles. The maximum Gasteiger partial charge on any atom is 0.164 e. The van der Waals surface area contributed by atoms with Crippen molar-refractivity contribution in [3.05, 3.63) is 170 Å². The van der Waals surface area contributed by atoms with Crippen LogP contribution in [0.3, 0.4) is 0 Å². The molecule has 0 fully saturated rings. The molecule has 0 aliphatic rings. The third-order valence-electron chi connectivity index (χ3n) is 8.89. The molecule has 0 saturated carbocycles. The lowest BCUT2D eigenvalue weighted by Gasteiger charge is -2.11. The standard InChI is InChI=1S/C45H28N4O/c1-3-12-29(13-4-1)43-46-44(48-45(47-43)33-23-25-38-37-19-8-10-21-41(37)50-42(38)28-33)32-15-11-14-30(26-32)31-22-24-36-35-18-7-9-20-39(35)49(40(36)27-31)34-16-5-2-6-17-34/h1-28H/i7D,9D,18D,20D,22D,24D,27D. The summed E-state index contributed by atoms with van der Waals surface area (Å²) in [6.45, 7) is 0. The summed E-state index contributed by atoms with van der Waals surface area (Å²) in [5, 5.41) is 2.21. The number of aromatic nitrogens is 4. The number of nitrogens with zero attached hydrogens (tertiary/aromatic N) is 4. The predicted octanol–water partition coefficient (Wildman–Crippen LogP) is 11.5. The van der Waals surface area contributed by atoms with Gasteiger partial charge in [0.1, 0.15) is 11.2 Å². The zero-order valence-electron chi connectivity index (χ0n) is 33.3. The fourth-order valence-electron chi connectivity index (χ4n) is 6.52. The lowest BCUT2D eigenvalue weighted by atomic mass is 10.0. The van der Waals surface area contributed by atoms with Gasteiger partial charge in [0.15, 0.2) is 17.5 Å². The minimum absolute atomic E-state index is 0.0964. The molecule has 5 heteroatoms. The third kappa shape index (κ3) is 4.67. The van der Waals surface area contributed by atoms with Crippen LogP contribution in [0.1, 0.15) is 9.60 Å². The highest BCUT2D eigenvalue weighted by Crippen LogP contribution is 2.36. The molecule has 0 spiro atoms. The van der Waals surface area contributed by atoms with Crippen molar-refractivity contribution in [1.29, 1.82) is 0 Å². The van der Waals surface area contributed by atoms with Gasteiger partial charge < -0.3 is 8.98 Å². The smallest absolute Gasteiger partial charge is 0.164 e. The number of para-hydroxylation sites is 3. The predicted molar refractivity (Wildman–Crippen MR) is 203 cm³/mol. The Morgan fingerprint density at radius 1 is 0.440 bits per heavy atom. The molecule has 0 radical (unpaired) electrons. The summed E-state index contributed by atoms with van der Waals surface area (Å²) < 4.78 is 70.7. The van der Waals surface area contributed by atoms with Crippen molar-refractivity contribution in [2.45, 2.75) is 0 Å². The van der Waals surface area contributed by atoms with Crippen molar-refractivity contribution in [2.75, 3.05) is 0 Å². The van der Waals surface area contributed by atoms with E-state index in [1.165, 1.54) is 0 Å². The summed E-state index contributed by atoms with van der Waals surface area (Å²) in [6, 6.07) is 37.5. The average Bonchev–Trinajstić information content (AvgIpc) is 3.82. The number of furan rings is 1. The van der Waals surface area contributed by atoms with E-state index in [0.29, 0.717) is 39.9 Å². The molecule has 50 heavy (non-hydrogen) atoms. The molecule has 0 aliphatic carbocycles. The lowest BCUT2D eigenvalue weighted by molar-refractivity contribution is 0.669. The van der Waals surface area contributed by atoms with Gasteiger partial charge in [-0.05, 0) is 59.6 Å². The SMILES string of the molecule is [2H]c1c([2H])c([2H])c2c(c1[2H])c1c([2H])c([2H])c(-c3cccc(-c4nc(-c5ccccc5)nc(-c5ccc6c(c5)oc5ccccc56)n4)c3)c([2H])c1n2-c1ccccc1. The zero-order chi connectivity index (χ0) is 39.1. The normalized spacial score (nSPS) is 13.6. The number of hydrogen-bond acceptors (Lipinski definition) is 4. The molecule has 0 atom stereocenters. The van der Waals surface area contributed by atoms with E-state index in [1.807, 2.05) is 84.9 Å². The maximum atomic E-state index is 9.67. The first-order valence-corrected chi connectivity index (χ1v) is 16.1. The molecule has 0 bridgehead atoms. The van der Waals surface area contributed by atoms with Crippen LogP contribution in [0.5, 0.6) is 0 Å². The molecule has 3 heterocycles. The van der Waals surface area contributed by atoms with Gasteiger partial charge in [-0.15, -0.1) is 0 Å².